The van der Waals surface area contributed by atoms with Gasteiger partial charge in [-0.25, -0.2) is 4.79 Å². The molecule has 0 radical (unpaired) electrons. The summed E-state index contributed by atoms with van der Waals surface area (Å²) in [6, 6.07) is -2.84. The Morgan fingerprint density at radius 3 is 2.28 bits per heavy atom. The van der Waals surface area contributed by atoms with Gasteiger partial charge in [0.25, 0.3) is 0 Å². The van der Waals surface area contributed by atoms with E-state index in [1.807, 2.05) is 0 Å². The van der Waals surface area contributed by atoms with Crippen LogP contribution in [0.2, 0.25) is 0 Å². The minimum atomic E-state index is -1.16. The van der Waals surface area contributed by atoms with Crippen molar-refractivity contribution in [3.63, 3.8) is 0 Å². The standard InChI is InChI=1S/C14H27N5O5S/c1-8(18-11(20)6-17-13(22)9(16)7-25)12(21)19-10(14(23)24)4-2-3-5-15/h8-10,25H,2-7,15-16H2,1H3,(H,17,22)(H,18,20)(H,19,21)(H,23,24). The highest BCUT2D eigenvalue weighted by Gasteiger charge is 2.23. The lowest BCUT2D eigenvalue weighted by molar-refractivity contribution is -0.142. The second kappa shape index (κ2) is 12.5. The summed E-state index contributed by atoms with van der Waals surface area (Å²) >= 11 is 3.87. The van der Waals surface area contributed by atoms with E-state index in [2.05, 4.69) is 28.6 Å². The van der Waals surface area contributed by atoms with Gasteiger partial charge >= 0.3 is 5.97 Å². The second-order valence-electron chi connectivity index (χ2n) is 5.48. The molecule has 0 aliphatic heterocycles. The molecule has 0 aliphatic carbocycles. The van der Waals surface area contributed by atoms with Crippen molar-refractivity contribution < 1.29 is 24.3 Å². The van der Waals surface area contributed by atoms with Gasteiger partial charge in [-0.05, 0) is 32.7 Å². The summed E-state index contributed by atoms with van der Waals surface area (Å²) in [6.07, 6.45) is 1.46. The number of hydrogen-bond donors (Lipinski definition) is 7. The maximum Gasteiger partial charge on any atom is 0.326 e. The molecular formula is C14H27N5O5S. The van der Waals surface area contributed by atoms with Gasteiger partial charge in [-0.15, -0.1) is 0 Å². The Labute approximate surface area is 151 Å². The summed E-state index contributed by atoms with van der Waals surface area (Å²) in [7, 11) is 0. The van der Waals surface area contributed by atoms with Crippen LogP contribution < -0.4 is 27.4 Å². The minimum Gasteiger partial charge on any atom is -0.480 e. The van der Waals surface area contributed by atoms with E-state index in [9.17, 15) is 19.2 Å². The first kappa shape index (κ1) is 23.1. The van der Waals surface area contributed by atoms with Gasteiger partial charge in [0, 0.05) is 5.75 Å². The van der Waals surface area contributed by atoms with E-state index in [0.717, 1.165) is 0 Å². The number of unbranched alkanes of at least 4 members (excludes halogenated alkanes) is 1. The molecule has 0 saturated heterocycles. The fourth-order valence-electron chi connectivity index (χ4n) is 1.79. The molecule has 3 amide bonds. The van der Waals surface area contributed by atoms with Gasteiger partial charge in [-0.1, -0.05) is 0 Å². The minimum absolute atomic E-state index is 0.132. The van der Waals surface area contributed by atoms with Crippen LogP contribution in [0.3, 0.4) is 0 Å². The van der Waals surface area contributed by atoms with E-state index in [4.69, 9.17) is 16.6 Å². The molecule has 0 spiro atoms. The molecular weight excluding hydrogens is 350 g/mol. The highest BCUT2D eigenvalue weighted by atomic mass is 32.1. The number of nitrogens with two attached hydrogens (primary N) is 2. The maximum absolute atomic E-state index is 12.0. The Bertz CT molecular complexity index is 477. The van der Waals surface area contributed by atoms with Crippen LogP contribution in [0.4, 0.5) is 0 Å². The third kappa shape index (κ3) is 9.89. The van der Waals surface area contributed by atoms with Crippen LogP contribution >= 0.6 is 12.6 Å². The average molecular weight is 377 g/mol. The number of aliphatic carboxylic acids is 1. The fraction of sp³-hybridized carbons (Fsp3) is 0.714. The molecule has 0 fully saturated rings. The molecule has 25 heavy (non-hydrogen) atoms. The molecule has 0 saturated carbocycles. The topological polar surface area (TPSA) is 177 Å². The Kier molecular flexibility index (Phi) is 11.6. The van der Waals surface area contributed by atoms with E-state index >= 15 is 0 Å². The predicted molar refractivity (Wildman–Crippen MR) is 94.9 cm³/mol. The van der Waals surface area contributed by atoms with Gasteiger partial charge in [0.1, 0.15) is 12.1 Å². The van der Waals surface area contributed by atoms with Crippen LogP contribution in [-0.2, 0) is 19.2 Å². The molecule has 8 N–H and O–H groups in total. The fourth-order valence-corrected chi connectivity index (χ4v) is 1.95. The lowest BCUT2D eigenvalue weighted by atomic mass is 10.1. The molecule has 10 nitrogen and oxygen atoms in total. The molecule has 0 aromatic rings. The van der Waals surface area contributed by atoms with E-state index < -0.39 is 41.8 Å². The number of carboxylic acid groups (broad SMARTS) is 1. The third-order valence-electron chi connectivity index (χ3n) is 3.29. The van der Waals surface area contributed by atoms with Crippen molar-refractivity contribution in [2.45, 2.75) is 44.3 Å². The summed E-state index contributed by atoms with van der Waals surface area (Å²) in [6.45, 7) is 1.50. The lowest BCUT2D eigenvalue weighted by Crippen LogP contribution is -2.52. The zero-order valence-corrected chi connectivity index (χ0v) is 15.1. The van der Waals surface area contributed by atoms with Gasteiger partial charge in [-0.3, -0.25) is 14.4 Å². The number of thiol groups is 1. The van der Waals surface area contributed by atoms with Gasteiger partial charge in [-0.2, -0.15) is 12.6 Å². The van der Waals surface area contributed by atoms with Crippen molar-refractivity contribution >= 4 is 36.3 Å². The van der Waals surface area contributed by atoms with Gasteiger partial charge in [0.15, 0.2) is 0 Å². The van der Waals surface area contributed by atoms with E-state index in [0.29, 0.717) is 19.4 Å². The highest BCUT2D eigenvalue weighted by molar-refractivity contribution is 7.80. The molecule has 0 aromatic carbocycles. The van der Waals surface area contributed by atoms with Gasteiger partial charge in [0.05, 0.1) is 12.6 Å². The molecule has 0 aliphatic rings. The summed E-state index contributed by atoms with van der Waals surface area (Å²) < 4.78 is 0. The molecule has 0 heterocycles. The zero-order chi connectivity index (χ0) is 19.4. The molecule has 3 unspecified atom stereocenters. The maximum atomic E-state index is 12.0. The summed E-state index contributed by atoms with van der Waals surface area (Å²) in [5.74, 6) is -2.79. The SMILES string of the molecule is CC(NC(=O)CNC(=O)C(N)CS)C(=O)NC(CCCCN)C(=O)O. The van der Waals surface area contributed by atoms with Crippen molar-refractivity contribution in [2.75, 3.05) is 18.8 Å². The molecule has 11 heteroatoms. The monoisotopic (exact) mass is 377 g/mol. The van der Waals surface area contributed by atoms with Crippen molar-refractivity contribution in [1.82, 2.24) is 16.0 Å². The Hall–Kier alpha value is -1.85. The van der Waals surface area contributed by atoms with Crippen LogP contribution in [0.1, 0.15) is 26.2 Å². The summed E-state index contributed by atoms with van der Waals surface area (Å²) in [5.41, 5.74) is 10.8. The van der Waals surface area contributed by atoms with Crippen molar-refractivity contribution in [1.29, 1.82) is 0 Å². The number of carboxylic acids is 1. The number of amides is 3. The first-order chi connectivity index (χ1) is 11.7. The number of nitrogens with one attached hydrogen (secondary N) is 3. The molecule has 144 valence electrons. The van der Waals surface area contributed by atoms with Gasteiger partial charge < -0.3 is 32.5 Å². The number of carbonyl (C=O) groups is 4. The van der Waals surface area contributed by atoms with Crippen molar-refractivity contribution in [3.8, 4) is 0 Å². The quantitative estimate of drug-likeness (QED) is 0.146. The lowest BCUT2D eigenvalue weighted by Gasteiger charge is -2.19. The Balaban J connectivity index is 4.36. The zero-order valence-electron chi connectivity index (χ0n) is 14.2. The van der Waals surface area contributed by atoms with E-state index in [1.54, 1.807) is 0 Å². The summed E-state index contributed by atoms with van der Waals surface area (Å²) in [5, 5.41) is 16.1. The third-order valence-corrected chi connectivity index (χ3v) is 3.68. The molecule has 0 aromatic heterocycles. The Morgan fingerprint density at radius 2 is 1.76 bits per heavy atom. The van der Waals surface area contributed by atoms with Crippen LogP contribution in [0.5, 0.6) is 0 Å². The smallest absolute Gasteiger partial charge is 0.326 e. The van der Waals surface area contributed by atoms with Crippen LogP contribution in [0, 0.1) is 0 Å². The average Bonchev–Trinajstić information content (AvgIpc) is 2.57. The Morgan fingerprint density at radius 1 is 1.12 bits per heavy atom. The summed E-state index contributed by atoms with van der Waals surface area (Å²) in [4.78, 5) is 46.3. The highest BCUT2D eigenvalue weighted by Crippen LogP contribution is 2.01. The molecule has 0 bridgehead atoms. The first-order valence-corrected chi connectivity index (χ1v) is 8.52. The van der Waals surface area contributed by atoms with E-state index in [-0.39, 0.29) is 18.7 Å². The largest absolute Gasteiger partial charge is 0.480 e. The normalized spacial score (nSPS) is 14.1. The van der Waals surface area contributed by atoms with Crippen LogP contribution in [0.15, 0.2) is 0 Å². The van der Waals surface area contributed by atoms with Crippen molar-refractivity contribution in [3.05, 3.63) is 0 Å². The number of rotatable bonds is 12. The predicted octanol–water partition coefficient (Wildman–Crippen LogP) is -2.44. The van der Waals surface area contributed by atoms with E-state index in [1.165, 1.54) is 6.92 Å². The second-order valence-corrected chi connectivity index (χ2v) is 5.85. The number of hydrogen-bond acceptors (Lipinski definition) is 7. The van der Waals surface area contributed by atoms with Crippen LogP contribution in [-0.4, -0.2) is 65.8 Å². The molecule has 0 rings (SSSR count). The van der Waals surface area contributed by atoms with Crippen molar-refractivity contribution in [2.24, 2.45) is 11.5 Å². The number of carbonyl (C=O) groups excluding carboxylic acids is 3. The first-order valence-electron chi connectivity index (χ1n) is 7.89. The van der Waals surface area contributed by atoms with Crippen LogP contribution in [0.25, 0.3) is 0 Å². The van der Waals surface area contributed by atoms with Gasteiger partial charge in [0.2, 0.25) is 17.7 Å². The molecule has 3 atom stereocenters.